The molecule has 0 saturated heterocycles. The van der Waals surface area contributed by atoms with Crippen molar-refractivity contribution in [2.24, 2.45) is 5.92 Å². The molecule has 0 heterocycles. The number of amides is 2. The molecule has 2 aromatic carbocycles. The van der Waals surface area contributed by atoms with E-state index in [0.29, 0.717) is 12.8 Å². The molecular formula is C25H32N2O5S. The molecule has 178 valence electrons. The standard InChI is InChI=1S/C25H32N2O5S/c1-19(2)16-23(27-25(29)32-18-21-12-8-5-9-13-21)24(28)26-22(14-15-33(3,30)31)17-20-10-6-4-7-11-20/h4-15,19,22-23H,16-18H2,1-3H3,(H,26,28)(H,27,29)/b15-14+/t22-,23+/m1/s1. The number of alkyl carbamates (subject to hydrolysis) is 1. The first-order chi connectivity index (χ1) is 15.6. The molecule has 2 atom stereocenters. The fraction of sp³-hybridized carbons (Fsp3) is 0.360. The Hall–Kier alpha value is -3.13. The number of sulfone groups is 1. The summed E-state index contributed by atoms with van der Waals surface area (Å²) in [6.45, 7) is 3.99. The molecule has 0 aliphatic carbocycles. The smallest absolute Gasteiger partial charge is 0.408 e. The molecule has 7 nitrogen and oxygen atoms in total. The molecule has 33 heavy (non-hydrogen) atoms. The van der Waals surface area contributed by atoms with Crippen molar-refractivity contribution in [2.45, 2.75) is 45.4 Å². The van der Waals surface area contributed by atoms with Gasteiger partial charge in [0.15, 0.2) is 9.84 Å². The Bertz CT molecular complexity index is 1020. The van der Waals surface area contributed by atoms with Crippen molar-refractivity contribution in [1.82, 2.24) is 10.6 Å². The van der Waals surface area contributed by atoms with Gasteiger partial charge in [0.05, 0.1) is 6.04 Å². The third kappa shape index (κ3) is 10.8. The van der Waals surface area contributed by atoms with Crippen molar-refractivity contribution in [3.63, 3.8) is 0 Å². The van der Waals surface area contributed by atoms with Crippen LogP contribution in [0, 0.1) is 5.92 Å². The van der Waals surface area contributed by atoms with E-state index in [1.165, 1.54) is 6.08 Å². The summed E-state index contributed by atoms with van der Waals surface area (Å²) in [6, 6.07) is 17.3. The molecule has 0 aromatic heterocycles. The second kappa shape index (κ2) is 12.8. The van der Waals surface area contributed by atoms with Crippen LogP contribution < -0.4 is 10.6 Å². The fourth-order valence-electron chi connectivity index (χ4n) is 3.17. The first-order valence-electron chi connectivity index (χ1n) is 10.8. The summed E-state index contributed by atoms with van der Waals surface area (Å²) < 4.78 is 28.5. The SMILES string of the molecule is CC(C)C[C@H](NC(=O)OCc1ccccc1)C(=O)N[C@H](/C=C/S(C)(=O)=O)Cc1ccccc1. The molecule has 2 N–H and O–H groups in total. The minimum atomic E-state index is -3.36. The topological polar surface area (TPSA) is 102 Å². The lowest BCUT2D eigenvalue weighted by atomic mass is 10.0. The summed E-state index contributed by atoms with van der Waals surface area (Å²) in [7, 11) is -3.36. The van der Waals surface area contributed by atoms with Crippen LogP contribution in [-0.2, 0) is 32.4 Å². The summed E-state index contributed by atoms with van der Waals surface area (Å²) in [5.41, 5.74) is 1.78. The van der Waals surface area contributed by atoms with Gasteiger partial charge in [0.2, 0.25) is 5.91 Å². The van der Waals surface area contributed by atoms with Gasteiger partial charge in [0.1, 0.15) is 12.6 Å². The van der Waals surface area contributed by atoms with Gasteiger partial charge >= 0.3 is 6.09 Å². The van der Waals surface area contributed by atoms with Crippen molar-refractivity contribution in [3.8, 4) is 0 Å². The molecular weight excluding hydrogens is 440 g/mol. The zero-order valence-electron chi connectivity index (χ0n) is 19.2. The van der Waals surface area contributed by atoms with Crippen molar-refractivity contribution in [3.05, 3.63) is 83.3 Å². The molecule has 0 radical (unpaired) electrons. The van der Waals surface area contributed by atoms with Crippen LogP contribution in [0.1, 0.15) is 31.4 Å². The molecule has 0 fully saturated rings. The molecule has 0 saturated carbocycles. The van der Waals surface area contributed by atoms with Gasteiger partial charge in [0.25, 0.3) is 0 Å². The molecule has 0 aliphatic heterocycles. The predicted molar refractivity (Wildman–Crippen MR) is 129 cm³/mol. The number of benzene rings is 2. The molecule has 0 aliphatic rings. The molecule has 0 bridgehead atoms. The first-order valence-corrected chi connectivity index (χ1v) is 12.8. The number of ether oxygens (including phenoxy) is 1. The third-order valence-corrected chi connectivity index (χ3v) is 5.36. The number of nitrogens with one attached hydrogen (secondary N) is 2. The highest BCUT2D eigenvalue weighted by molar-refractivity contribution is 7.93. The average Bonchev–Trinajstić information content (AvgIpc) is 2.76. The fourth-order valence-corrected chi connectivity index (χ4v) is 3.64. The van der Waals surface area contributed by atoms with Crippen LogP contribution >= 0.6 is 0 Å². The van der Waals surface area contributed by atoms with Crippen LogP contribution in [0.2, 0.25) is 0 Å². The van der Waals surface area contributed by atoms with Crippen LogP contribution in [0.15, 0.2) is 72.1 Å². The van der Waals surface area contributed by atoms with E-state index in [0.717, 1.165) is 22.8 Å². The molecule has 8 heteroatoms. The number of rotatable bonds is 11. The monoisotopic (exact) mass is 472 g/mol. The lowest BCUT2D eigenvalue weighted by molar-refractivity contribution is -0.123. The summed E-state index contributed by atoms with van der Waals surface area (Å²) in [5.74, 6) is -0.270. The number of hydrogen-bond donors (Lipinski definition) is 2. The van der Waals surface area contributed by atoms with Crippen molar-refractivity contribution in [2.75, 3.05) is 6.26 Å². The van der Waals surface area contributed by atoms with Gasteiger partial charge in [-0.25, -0.2) is 13.2 Å². The summed E-state index contributed by atoms with van der Waals surface area (Å²) in [6.07, 6.45) is 2.67. The van der Waals surface area contributed by atoms with Crippen molar-refractivity contribution < 1.29 is 22.7 Å². The maximum absolute atomic E-state index is 13.0. The van der Waals surface area contributed by atoms with Crippen molar-refractivity contribution in [1.29, 1.82) is 0 Å². The van der Waals surface area contributed by atoms with Gasteiger partial charge in [-0.1, -0.05) is 80.6 Å². The Morgan fingerprint density at radius 3 is 2.06 bits per heavy atom. The maximum atomic E-state index is 13.0. The Morgan fingerprint density at radius 1 is 0.939 bits per heavy atom. The zero-order chi connectivity index (χ0) is 24.3. The van der Waals surface area contributed by atoms with Gasteiger partial charge in [-0.2, -0.15) is 0 Å². The van der Waals surface area contributed by atoms with Crippen LogP contribution in [0.3, 0.4) is 0 Å². The third-order valence-electron chi connectivity index (χ3n) is 4.71. The lowest BCUT2D eigenvalue weighted by Gasteiger charge is -2.23. The van der Waals surface area contributed by atoms with Gasteiger partial charge in [-0.15, -0.1) is 0 Å². The molecule has 0 spiro atoms. The minimum absolute atomic E-state index is 0.0937. The Morgan fingerprint density at radius 2 is 1.52 bits per heavy atom. The van der Waals surface area contributed by atoms with E-state index in [1.807, 2.05) is 74.5 Å². The maximum Gasteiger partial charge on any atom is 0.408 e. The molecule has 0 unspecified atom stereocenters. The van der Waals surface area contributed by atoms with Gasteiger partial charge in [-0.3, -0.25) is 4.79 Å². The summed E-state index contributed by atoms with van der Waals surface area (Å²) in [4.78, 5) is 25.4. The first kappa shape index (κ1) is 26.1. The number of hydrogen-bond acceptors (Lipinski definition) is 5. The molecule has 2 rings (SSSR count). The van der Waals surface area contributed by atoms with Gasteiger partial charge < -0.3 is 15.4 Å². The van der Waals surface area contributed by atoms with E-state index in [1.54, 1.807) is 0 Å². The van der Waals surface area contributed by atoms with Crippen LogP contribution in [0.4, 0.5) is 4.79 Å². The number of carbonyl (C=O) groups excluding carboxylic acids is 2. The zero-order valence-corrected chi connectivity index (χ0v) is 20.0. The Balaban J connectivity index is 2.08. The largest absolute Gasteiger partial charge is 0.445 e. The molecule has 2 amide bonds. The van der Waals surface area contributed by atoms with E-state index >= 15 is 0 Å². The molecule has 2 aromatic rings. The highest BCUT2D eigenvalue weighted by Gasteiger charge is 2.24. The highest BCUT2D eigenvalue weighted by atomic mass is 32.2. The van der Waals surface area contributed by atoms with Crippen LogP contribution in [0.25, 0.3) is 0 Å². The van der Waals surface area contributed by atoms with Gasteiger partial charge in [0, 0.05) is 11.7 Å². The van der Waals surface area contributed by atoms with E-state index < -0.39 is 33.9 Å². The van der Waals surface area contributed by atoms with E-state index in [2.05, 4.69) is 10.6 Å². The second-order valence-electron chi connectivity index (χ2n) is 8.35. The lowest BCUT2D eigenvalue weighted by Crippen LogP contribution is -2.50. The summed E-state index contributed by atoms with van der Waals surface area (Å²) in [5, 5.41) is 6.59. The van der Waals surface area contributed by atoms with Crippen molar-refractivity contribution >= 4 is 21.8 Å². The quantitative estimate of drug-likeness (QED) is 0.520. The highest BCUT2D eigenvalue weighted by Crippen LogP contribution is 2.09. The average molecular weight is 473 g/mol. The van der Waals surface area contributed by atoms with E-state index in [-0.39, 0.29) is 12.5 Å². The second-order valence-corrected chi connectivity index (χ2v) is 10.3. The van der Waals surface area contributed by atoms with Gasteiger partial charge in [-0.05, 0) is 29.9 Å². The Kier molecular flexibility index (Phi) is 10.1. The normalized spacial score (nSPS) is 13.5. The predicted octanol–water partition coefficient (Wildman–Crippen LogP) is 3.61. The Labute approximate surface area is 196 Å². The number of carbonyl (C=O) groups is 2. The van der Waals surface area contributed by atoms with E-state index in [9.17, 15) is 18.0 Å². The summed E-state index contributed by atoms with van der Waals surface area (Å²) >= 11 is 0. The van der Waals surface area contributed by atoms with Crippen LogP contribution in [0.5, 0.6) is 0 Å². The van der Waals surface area contributed by atoms with Crippen LogP contribution in [-0.4, -0.2) is 38.8 Å². The van der Waals surface area contributed by atoms with E-state index in [4.69, 9.17) is 4.74 Å². The minimum Gasteiger partial charge on any atom is -0.445 e.